The van der Waals surface area contributed by atoms with Crippen LogP contribution in [0, 0.1) is 0 Å². The molecule has 0 spiro atoms. The first-order chi connectivity index (χ1) is 9.74. The maximum atomic E-state index is 11.7. The molecule has 0 aliphatic heterocycles. The van der Waals surface area contributed by atoms with Crippen LogP contribution in [0.2, 0.25) is 5.02 Å². The van der Waals surface area contributed by atoms with E-state index in [0.717, 1.165) is 24.1 Å². The van der Waals surface area contributed by atoms with Crippen LogP contribution in [0.25, 0.3) is 0 Å². The van der Waals surface area contributed by atoms with Gasteiger partial charge in [0.2, 0.25) is 5.91 Å². The molecule has 1 heterocycles. The van der Waals surface area contributed by atoms with Gasteiger partial charge in [-0.25, -0.2) is 0 Å². The lowest BCUT2D eigenvalue weighted by atomic mass is 10.1. The van der Waals surface area contributed by atoms with Crippen molar-refractivity contribution in [2.75, 3.05) is 6.54 Å². The Balaban J connectivity index is 1.67. The Morgan fingerprint density at radius 2 is 1.90 bits per heavy atom. The van der Waals surface area contributed by atoms with Crippen molar-refractivity contribution in [2.24, 2.45) is 0 Å². The molecule has 0 unspecified atom stereocenters. The largest absolute Gasteiger partial charge is 0.356 e. The Labute approximate surface area is 124 Å². The highest BCUT2D eigenvalue weighted by Crippen LogP contribution is 2.10. The molecule has 104 valence electrons. The number of aromatic nitrogens is 1. The summed E-state index contributed by atoms with van der Waals surface area (Å²) in [6, 6.07) is 13.4. The highest BCUT2D eigenvalue weighted by atomic mass is 35.5. The molecule has 3 nitrogen and oxygen atoms in total. The number of amides is 1. The summed E-state index contributed by atoms with van der Waals surface area (Å²) in [7, 11) is 0. The second kappa shape index (κ2) is 7.65. The first kappa shape index (κ1) is 14.5. The fraction of sp³-hybridized carbons (Fsp3) is 0.250. The monoisotopic (exact) mass is 288 g/mol. The molecular weight excluding hydrogens is 272 g/mol. The lowest BCUT2D eigenvalue weighted by Crippen LogP contribution is -2.26. The van der Waals surface area contributed by atoms with Gasteiger partial charge >= 0.3 is 0 Å². The number of carbonyl (C=O) groups is 1. The Morgan fingerprint density at radius 3 is 2.60 bits per heavy atom. The number of rotatable bonds is 6. The molecule has 1 aromatic heterocycles. The van der Waals surface area contributed by atoms with Crippen LogP contribution in [0.15, 0.2) is 48.7 Å². The molecule has 1 N–H and O–H groups in total. The van der Waals surface area contributed by atoms with Crippen molar-refractivity contribution in [1.29, 1.82) is 0 Å². The topological polar surface area (TPSA) is 42.0 Å². The number of pyridine rings is 1. The summed E-state index contributed by atoms with van der Waals surface area (Å²) < 4.78 is 0. The third-order valence-electron chi connectivity index (χ3n) is 2.98. The van der Waals surface area contributed by atoms with Gasteiger partial charge in [0, 0.05) is 36.3 Å². The van der Waals surface area contributed by atoms with Crippen LogP contribution < -0.4 is 5.32 Å². The first-order valence-corrected chi connectivity index (χ1v) is 7.03. The second-order valence-electron chi connectivity index (χ2n) is 4.55. The number of halogens is 1. The molecule has 0 saturated carbocycles. The third kappa shape index (κ3) is 5.02. The van der Waals surface area contributed by atoms with E-state index in [1.165, 1.54) is 0 Å². The van der Waals surface area contributed by atoms with Crippen LogP contribution in [-0.2, 0) is 17.6 Å². The number of hydrogen-bond acceptors (Lipinski definition) is 2. The molecule has 0 aliphatic carbocycles. The van der Waals surface area contributed by atoms with E-state index >= 15 is 0 Å². The van der Waals surface area contributed by atoms with E-state index in [0.29, 0.717) is 18.0 Å². The molecule has 2 aromatic rings. The van der Waals surface area contributed by atoms with Gasteiger partial charge in [-0.15, -0.1) is 0 Å². The molecule has 1 amide bonds. The van der Waals surface area contributed by atoms with E-state index in [-0.39, 0.29) is 5.91 Å². The maximum Gasteiger partial charge on any atom is 0.220 e. The van der Waals surface area contributed by atoms with Crippen molar-refractivity contribution in [2.45, 2.75) is 19.3 Å². The van der Waals surface area contributed by atoms with Crippen molar-refractivity contribution >= 4 is 17.5 Å². The highest BCUT2D eigenvalue weighted by Gasteiger charge is 2.02. The molecule has 20 heavy (non-hydrogen) atoms. The van der Waals surface area contributed by atoms with E-state index < -0.39 is 0 Å². The highest BCUT2D eigenvalue weighted by molar-refractivity contribution is 6.30. The minimum Gasteiger partial charge on any atom is -0.356 e. The summed E-state index contributed by atoms with van der Waals surface area (Å²) in [6.07, 6.45) is 3.74. The smallest absolute Gasteiger partial charge is 0.220 e. The van der Waals surface area contributed by atoms with Crippen LogP contribution in [-0.4, -0.2) is 17.4 Å². The van der Waals surface area contributed by atoms with E-state index in [4.69, 9.17) is 11.6 Å². The first-order valence-electron chi connectivity index (χ1n) is 6.65. The van der Waals surface area contributed by atoms with Gasteiger partial charge < -0.3 is 5.32 Å². The molecular formula is C16H17ClN2O. The van der Waals surface area contributed by atoms with Gasteiger partial charge in [0.1, 0.15) is 0 Å². The number of carbonyl (C=O) groups excluding carboxylic acids is 1. The van der Waals surface area contributed by atoms with E-state index in [1.807, 2.05) is 42.5 Å². The molecule has 0 fully saturated rings. The molecule has 0 saturated heterocycles. The van der Waals surface area contributed by atoms with Gasteiger partial charge in [0.05, 0.1) is 0 Å². The zero-order valence-electron chi connectivity index (χ0n) is 11.2. The van der Waals surface area contributed by atoms with Crippen molar-refractivity contribution in [1.82, 2.24) is 10.3 Å². The molecule has 0 aliphatic rings. The normalized spacial score (nSPS) is 10.2. The number of benzene rings is 1. The Kier molecular flexibility index (Phi) is 5.56. The van der Waals surface area contributed by atoms with Crippen molar-refractivity contribution < 1.29 is 4.79 Å². The molecule has 0 bridgehead atoms. The second-order valence-corrected chi connectivity index (χ2v) is 4.98. The predicted octanol–water partition coefficient (Wildman–Crippen LogP) is 3.03. The summed E-state index contributed by atoms with van der Waals surface area (Å²) in [4.78, 5) is 15.9. The zero-order chi connectivity index (χ0) is 14.2. The van der Waals surface area contributed by atoms with Crippen LogP contribution >= 0.6 is 11.6 Å². The van der Waals surface area contributed by atoms with Gasteiger partial charge in [-0.1, -0.05) is 29.8 Å². The summed E-state index contributed by atoms with van der Waals surface area (Å²) in [5.74, 6) is 0.0656. The summed E-state index contributed by atoms with van der Waals surface area (Å²) in [5.41, 5.74) is 2.11. The lowest BCUT2D eigenvalue weighted by molar-refractivity contribution is -0.121. The Hall–Kier alpha value is -1.87. The van der Waals surface area contributed by atoms with E-state index in [9.17, 15) is 4.79 Å². The fourth-order valence-corrected chi connectivity index (χ4v) is 2.00. The SMILES string of the molecule is O=C(CCc1ccc(Cl)cc1)NCCc1ccccn1. The average Bonchev–Trinajstić information content (AvgIpc) is 2.48. The molecule has 4 heteroatoms. The van der Waals surface area contributed by atoms with E-state index in [2.05, 4.69) is 10.3 Å². The van der Waals surface area contributed by atoms with Gasteiger partial charge in [0.25, 0.3) is 0 Å². The summed E-state index contributed by atoms with van der Waals surface area (Å²) in [6.45, 7) is 0.621. The number of hydrogen-bond donors (Lipinski definition) is 1. The number of nitrogens with zero attached hydrogens (tertiary/aromatic N) is 1. The van der Waals surface area contributed by atoms with Gasteiger partial charge in [-0.05, 0) is 36.2 Å². The molecule has 2 rings (SSSR count). The minimum absolute atomic E-state index is 0.0656. The standard InChI is InChI=1S/C16H17ClN2O/c17-14-7-4-13(5-8-14)6-9-16(20)19-12-10-15-3-1-2-11-18-15/h1-5,7-8,11H,6,9-10,12H2,(H,19,20). The summed E-state index contributed by atoms with van der Waals surface area (Å²) >= 11 is 5.82. The zero-order valence-corrected chi connectivity index (χ0v) is 11.9. The van der Waals surface area contributed by atoms with Crippen LogP contribution in [0.5, 0.6) is 0 Å². The maximum absolute atomic E-state index is 11.7. The molecule has 0 radical (unpaired) electrons. The third-order valence-corrected chi connectivity index (χ3v) is 3.24. The van der Waals surface area contributed by atoms with Crippen LogP contribution in [0.1, 0.15) is 17.7 Å². The predicted molar refractivity (Wildman–Crippen MR) is 80.7 cm³/mol. The quantitative estimate of drug-likeness (QED) is 0.888. The van der Waals surface area contributed by atoms with Crippen LogP contribution in [0.3, 0.4) is 0 Å². The average molecular weight is 289 g/mol. The number of nitrogens with one attached hydrogen (secondary N) is 1. The Bertz CT molecular complexity index is 540. The molecule has 1 aromatic carbocycles. The lowest BCUT2D eigenvalue weighted by Gasteiger charge is -2.05. The number of aryl methyl sites for hydroxylation is 1. The van der Waals surface area contributed by atoms with E-state index in [1.54, 1.807) is 6.20 Å². The van der Waals surface area contributed by atoms with Crippen LogP contribution in [0.4, 0.5) is 0 Å². The summed E-state index contributed by atoms with van der Waals surface area (Å²) in [5, 5.41) is 3.62. The van der Waals surface area contributed by atoms with Crippen molar-refractivity contribution in [3.05, 3.63) is 64.9 Å². The fourth-order valence-electron chi connectivity index (χ4n) is 1.87. The van der Waals surface area contributed by atoms with Gasteiger partial charge in [-0.2, -0.15) is 0 Å². The van der Waals surface area contributed by atoms with Gasteiger partial charge in [-0.3, -0.25) is 9.78 Å². The minimum atomic E-state index is 0.0656. The van der Waals surface area contributed by atoms with Gasteiger partial charge in [0.15, 0.2) is 0 Å². The Morgan fingerprint density at radius 1 is 1.10 bits per heavy atom. The molecule has 0 atom stereocenters. The van der Waals surface area contributed by atoms with Crippen molar-refractivity contribution in [3.63, 3.8) is 0 Å². The van der Waals surface area contributed by atoms with Crippen molar-refractivity contribution in [3.8, 4) is 0 Å².